The van der Waals surface area contributed by atoms with Crippen molar-refractivity contribution in [3.63, 3.8) is 0 Å². The van der Waals surface area contributed by atoms with Gasteiger partial charge in [0.25, 0.3) is 5.91 Å². The molecule has 25 heavy (non-hydrogen) atoms. The van der Waals surface area contributed by atoms with E-state index in [1.165, 1.54) is 21.1 Å². The molecule has 0 aliphatic heterocycles. The number of nitrogens with one attached hydrogen (secondary N) is 1. The molecule has 1 aromatic heterocycles. The summed E-state index contributed by atoms with van der Waals surface area (Å²) >= 11 is 0. The minimum atomic E-state index is -0.702. The molecule has 0 unspecified atom stereocenters. The third kappa shape index (κ3) is 3.50. The van der Waals surface area contributed by atoms with Crippen molar-refractivity contribution in [3.8, 4) is 11.8 Å². The maximum atomic E-state index is 12.3. The largest absolute Gasteiger partial charge is 0.497 e. The number of hydrogen-bond acceptors (Lipinski definition) is 7. The van der Waals surface area contributed by atoms with Crippen molar-refractivity contribution >= 4 is 23.4 Å². The SMILES string of the molecule is COC(=O)c1c(C)nc(NC(=O)c2ccc(OC)cc2)c(C#N)c1N. The first-order chi connectivity index (χ1) is 11.9. The summed E-state index contributed by atoms with van der Waals surface area (Å²) in [5.74, 6) is -0.593. The van der Waals surface area contributed by atoms with E-state index < -0.39 is 11.9 Å². The predicted molar refractivity (Wildman–Crippen MR) is 90.4 cm³/mol. The number of aryl methyl sites for hydroxylation is 1. The smallest absolute Gasteiger partial charge is 0.341 e. The van der Waals surface area contributed by atoms with Crippen LogP contribution in [0.1, 0.15) is 32.0 Å². The number of nitrogens with zero attached hydrogens (tertiary/aromatic N) is 2. The number of nitrogens with two attached hydrogens (primary N) is 1. The van der Waals surface area contributed by atoms with Gasteiger partial charge in [0, 0.05) is 5.56 Å². The number of aromatic nitrogens is 1. The Balaban J connectivity index is 2.40. The van der Waals surface area contributed by atoms with Crippen LogP contribution in [0.4, 0.5) is 11.5 Å². The van der Waals surface area contributed by atoms with E-state index in [4.69, 9.17) is 10.5 Å². The monoisotopic (exact) mass is 340 g/mol. The number of esters is 1. The molecule has 1 amide bonds. The number of ether oxygens (including phenoxy) is 2. The van der Waals surface area contributed by atoms with Crippen molar-refractivity contribution in [2.75, 3.05) is 25.3 Å². The van der Waals surface area contributed by atoms with Crippen LogP contribution in [-0.2, 0) is 4.74 Å². The molecule has 0 radical (unpaired) electrons. The number of carbonyl (C=O) groups is 2. The lowest BCUT2D eigenvalue weighted by molar-refractivity contribution is 0.0600. The zero-order valence-corrected chi connectivity index (χ0v) is 13.9. The number of methoxy groups -OCH3 is 2. The average molecular weight is 340 g/mol. The van der Waals surface area contributed by atoms with E-state index in [9.17, 15) is 14.9 Å². The van der Waals surface area contributed by atoms with Crippen LogP contribution in [0.5, 0.6) is 5.75 Å². The molecule has 0 aliphatic carbocycles. The third-order valence-electron chi connectivity index (χ3n) is 3.50. The molecule has 0 spiro atoms. The molecule has 8 nitrogen and oxygen atoms in total. The summed E-state index contributed by atoms with van der Waals surface area (Å²) in [6.45, 7) is 1.53. The summed E-state index contributed by atoms with van der Waals surface area (Å²) < 4.78 is 9.68. The lowest BCUT2D eigenvalue weighted by atomic mass is 10.1. The maximum absolute atomic E-state index is 12.3. The van der Waals surface area contributed by atoms with Crippen molar-refractivity contribution in [3.05, 3.63) is 46.6 Å². The second kappa shape index (κ2) is 7.31. The summed E-state index contributed by atoms with van der Waals surface area (Å²) in [6.07, 6.45) is 0. The van der Waals surface area contributed by atoms with Crippen LogP contribution < -0.4 is 15.8 Å². The minimum absolute atomic E-state index is 0.00139. The second-order valence-electron chi connectivity index (χ2n) is 5.00. The summed E-state index contributed by atoms with van der Waals surface area (Å²) in [6, 6.07) is 8.26. The normalized spacial score (nSPS) is 9.84. The zero-order valence-electron chi connectivity index (χ0n) is 13.9. The Hall–Kier alpha value is -3.60. The van der Waals surface area contributed by atoms with E-state index in [0.717, 1.165) is 0 Å². The molecule has 2 rings (SSSR count). The lowest BCUT2D eigenvalue weighted by Gasteiger charge is -2.13. The topological polar surface area (TPSA) is 127 Å². The Bertz CT molecular complexity index is 870. The van der Waals surface area contributed by atoms with Gasteiger partial charge in [-0.15, -0.1) is 0 Å². The van der Waals surface area contributed by atoms with Gasteiger partial charge in [-0.05, 0) is 31.2 Å². The summed E-state index contributed by atoms with van der Waals surface area (Å²) in [7, 11) is 2.72. The van der Waals surface area contributed by atoms with E-state index in [1.807, 2.05) is 6.07 Å². The fourth-order valence-electron chi connectivity index (χ4n) is 2.21. The Morgan fingerprint density at radius 1 is 1.24 bits per heavy atom. The lowest BCUT2D eigenvalue weighted by Crippen LogP contribution is -2.18. The van der Waals surface area contributed by atoms with Crippen molar-refractivity contribution in [2.45, 2.75) is 6.92 Å². The highest BCUT2D eigenvalue weighted by Gasteiger charge is 2.22. The molecule has 1 heterocycles. The number of nitriles is 1. The highest BCUT2D eigenvalue weighted by molar-refractivity contribution is 6.06. The van der Waals surface area contributed by atoms with E-state index in [-0.39, 0.29) is 28.3 Å². The summed E-state index contributed by atoms with van der Waals surface area (Å²) in [5, 5.41) is 11.9. The van der Waals surface area contributed by atoms with Crippen LogP contribution in [0.15, 0.2) is 24.3 Å². The fraction of sp³-hybridized carbons (Fsp3) is 0.176. The average Bonchev–Trinajstić information content (AvgIpc) is 2.61. The third-order valence-corrected chi connectivity index (χ3v) is 3.50. The number of anilines is 2. The van der Waals surface area contributed by atoms with Crippen LogP contribution >= 0.6 is 0 Å². The van der Waals surface area contributed by atoms with E-state index >= 15 is 0 Å². The molecule has 2 aromatic rings. The maximum Gasteiger partial charge on any atom is 0.341 e. The van der Waals surface area contributed by atoms with Crippen LogP contribution in [0, 0.1) is 18.3 Å². The molecular weight excluding hydrogens is 324 g/mol. The summed E-state index contributed by atoms with van der Waals surface area (Å²) in [4.78, 5) is 28.2. The number of carbonyl (C=O) groups excluding carboxylic acids is 2. The van der Waals surface area contributed by atoms with Gasteiger partial charge in [-0.3, -0.25) is 4.79 Å². The number of nitrogen functional groups attached to an aromatic ring is 1. The van der Waals surface area contributed by atoms with Gasteiger partial charge in [-0.25, -0.2) is 9.78 Å². The summed E-state index contributed by atoms with van der Waals surface area (Å²) in [5.41, 5.74) is 6.29. The number of pyridine rings is 1. The molecule has 1 aromatic carbocycles. The van der Waals surface area contributed by atoms with E-state index in [1.54, 1.807) is 24.3 Å². The Morgan fingerprint density at radius 3 is 2.40 bits per heavy atom. The van der Waals surface area contributed by atoms with Gasteiger partial charge in [0.15, 0.2) is 5.82 Å². The first-order valence-corrected chi connectivity index (χ1v) is 7.16. The number of benzene rings is 1. The Labute approximate surface area is 144 Å². The van der Waals surface area contributed by atoms with Crippen LogP contribution in [-0.4, -0.2) is 31.1 Å². The van der Waals surface area contributed by atoms with Gasteiger partial charge in [0.2, 0.25) is 0 Å². The van der Waals surface area contributed by atoms with Gasteiger partial charge < -0.3 is 20.5 Å². The van der Waals surface area contributed by atoms with Gasteiger partial charge in [-0.2, -0.15) is 5.26 Å². The van der Waals surface area contributed by atoms with Gasteiger partial charge >= 0.3 is 5.97 Å². The molecule has 0 saturated carbocycles. The van der Waals surface area contributed by atoms with Crippen molar-refractivity contribution in [1.82, 2.24) is 4.98 Å². The zero-order chi connectivity index (χ0) is 18.6. The van der Waals surface area contributed by atoms with Gasteiger partial charge in [-0.1, -0.05) is 0 Å². The predicted octanol–water partition coefficient (Wildman–Crippen LogP) is 1.89. The number of rotatable bonds is 4. The molecule has 3 N–H and O–H groups in total. The highest BCUT2D eigenvalue weighted by atomic mass is 16.5. The Morgan fingerprint density at radius 2 is 1.88 bits per heavy atom. The van der Waals surface area contributed by atoms with Gasteiger partial charge in [0.05, 0.1) is 25.6 Å². The number of amides is 1. The van der Waals surface area contributed by atoms with Crippen molar-refractivity contribution in [2.24, 2.45) is 0 Å². The first kappa shape index (κ1) is 17.7. The van der Waals surface area contributed by atoms with E-state index in [0.29, 0.717) is 11.3 Å². The quantitative estimate of drug-likeness (QED) is 0.813. The molecular formula is C17H16N4O4. The standard InChI is InChI=1S/C17H16N4O4/c1-9-13(17(23)25-3)14(19)12(8-18)15(20-9)21-16(22)10-4-6-11(24-2)7-5-10/h4-7H,1-3H3,(H3,19,20,21,22). The second-order valence-corrected chi connectivity index (χ2v) is 5.00. The van der Waals surface area contributed by atoms with Crippen molar-refractivity contribution in [1.29, 1.82) is 5.26 Å². The molecule has 128 valence electrons. The molecule has 0 fully saturated rings. The van der Waals surface area contributed by atoms with Crippen LogP contribution in [0.3, 0.4) is 0 Å². The molecule has 0 atom stereocenters. The highest BCUT2D eigenvalue weighted by Crippen LogP contribution is 2.27. The first-order valence-electron chi connectivity index (χ1n) is 7.16. The minimum Gasteiger partial charge on any atom is -0.497 e. The van der Waals surface area contributed by atoms with Gasteiger partial charge in [0.1, 0.15) is 22.9 Å². The van der Waals surface area contributed by atoms with Crippen molar-refractivity contribution < 1.29 is 19.1 Å². The van der Waals surface area contributed by atoms with E-state index in [2.05, 4.69) is 15.0 Å². The van der Waals surface area contributed by atoms with Crippen LogP contribution in [0.2, 0.25) is 0 Å². The Kier molecular flexibility index (Phi) is 5.19. The van der Waals surface area contributed by atoms with Crippen LogP contribution in [0.25, 0.3) is 0 Å². The molecule has 8 heteroatoms. The molecule has 0 saturated heterocycles. The molecule has 0 bridgehead atoms. The molecule has 0 aliphatic rings. The number of hydrogen-bond donors (Lipinski definition) is 2. The fourth-order valence-corrected chi connectivity index (χ4v) is 2.21.